The third kappa shape index (κ3) is 2.06. The molecule has 0 fully saturated rings. The van der Waals surface area contributed by atoms with Gasteiger partial charge in [0.2, 0.25) is 0 Å². The van der Waals surface area contributed by atoms with E-state index >= 15 is 0 Å². The van der Waals surface area contributed by atoms with Crippen LogP contribution in [-0.4, -0.2) is 4.57 Å². The monoisotopic (exact) mass is 291 g/mol. The summed E-state index contributed by atoms with van der Waals surface area (Å²) < 4.78 is 12.4. The minimum atomic E-state index is -0.400. The number of rotatable bonds is 3. The molecule has 0 saturated heterocycles. The Hall–Kier alpha value is -1.94. The van der Waals surface area contributed by atoms with Gasteiger partial charge in [0.1, 0.15) is 16.9 Å². The number of aromatic nitrogens is 1. The number of hydrogen-bond acceptors (Lipinski definition) is 3. The Labute approximate surface area is 120 Å². The molecule has 0 N–H and O–H groups in total. The smallest absolute Gasteiger partial charge is 0.419 e. The third-order valence-electron chi connectivity index (χ3n) is 3.31. The van der Waals surface area contributed by atoms with Crippen LogP contribution in [0.4, 0.5) is 0 Å². The number of furan rings is 1. The minimum absolute atomic E-state index is 0.348. The average molecular weight is 292 g/mol. The Morgan fingerprint density at radius 2 is 2.05 bits per heavy atom. The lowest BCUT2D eigenvalue weighted by Gasteiger charge is -2.06. The van der Waals surface area contributed by atoms with Gasteiger partial charge in [0, 0.05) is 6.54 Å². The molecular formula is C15H14ClNO3. The number of alkyl halides is 1. The van der Waals surface area contributed by atoms with Crippen LogP contribution >= 0.6 is 11.6 Å². The maximum Gasteiger partial charge on any atom is 0.419 e. The Balaban J connectivity index is 2.07. The van der Waals surface area contributed by atoms with E-state index in [0.717, 1.165) is 16.8 Å². The Bertz CT molecular complexity index is 812. The molecule has 0 spiro atoms. The van der Waals surface area contributed by atoms with Gasteiger partial charge < -0.3 is 8.83 Å². The lowest BCUT2D eigenvalue weighted by atomic mass is 10.1. The number of benzene rings is 1. The van der Waals surface area contributed by atoms with Crippen molar-refractivity contribution in [3.63, 3.8) is 0 Å². The lowest BCUT2D eigenvalue weighted by molar-refractivity contribution is 0.489. The zero-order valence-electron chi connectivity index (χ0n) is 11.2. The maximum absolute atomic E-state index is 11.7. The summed E-state index contributed by atoms with van der Waals surface area (Å²) in [6.07, 6.45) is 0. The van der Waals surface area contributed by atoms with Gasteiger partial charge in [-0.1, -0.05) is 6.07 Å². The lowest BCUT2D eigenvalue weighted by Crippen LogP contribution is -2.11. The first kappa shape index (κ1) is 13.1. The van der Waals surface area contributed by atoms with Crippen molar-refractivity contribution < 1.29 is 8.83 Å². The summed E-state index contributed by atoms with van der Waals surface area (Å²) >= 11 is 6.41. The zero-order chi connectivity index (χ0) is 14.3. The second kappa shape index (κ2) is 4.87. The summed E-state index contributed by atoms with van der Waals surface area (Å²) in [7, 11) is 0. The van der Waals surface area contributed by atoms with Gasteiger partial charge in [-0.05, 0) is 43.7 Å². The molecule has 0 aliphatic rings. The highest BCUT2D eigenvalue weighted by Crippen LogP contribution is 2.31. The van der Waals surface area contributed by atoms with Crippen LogP contribution in [0, 0.1) is 6.92 Å². The van der Waals surface area contributed by atoms with Crippen molar-refractivity contribution in [2.45, 2.75) is 25.8 Å². The van der Waals surface area contributed by atoms with Crippen LogP contribution in [0.2, 0.25) is 0 Å². The fourth-order valence-corrected chi connectivity index (χ4v) is 2.55. The molecule has 0 saturated carbocycles. The predicted octanol–water partition coefficient (Wildman–Crippen LogP) is 3.84. The first-order valence-corrected chi connectivity index (χ1v) is 6.87. The molecule has 0 aliphatic heterocycles. The molecule has 20 heavy (non-hydrogen) atoms. The normalized spacial score (nSPS) is 12.9. The second-order valence-electron chi connectivity index (χ2n) is 4.65. The molecule has 5 heteroatoms. The van der Waals surface area contributed by atoms with Crippen molar-refractivity contribution in [1.82, 2.24) is 4.57 Å². The Morgan fingerprint density at radius 3 is 2.70 bits per heavy atom. The van der Waals surface area contributed by atoms with Crippen molar-refractivity contribution in [2.75, 3.05) is 0 Å². The predicted molar refractivity (Wildman–Crippen MR) is 77.3 cm³/mol. The average Bonchev–Trinajstić information content (AvgIpc) is 2.99. The summed E-state index contributed by atoms with van der Waals surface area (Å²) in [6.45, 7) is 4.35. The Morgan fingerprint density at radius 1 is 1.25 bits per heavy atom. The molecule has 1 aromatic carbocycles. The standard InChI is InChI=1S/C15H14ClNO3/c1-3-17-11-6-5-10(8-13(11)20-15(17)18)14(16)12-7-4-9(2)19-12/h4-8,14H,3H2,1-2H3. The van der Waals surface area contributed by atoms with E-state index < -0.39 is 5.38 Å². The summed E-state index contributed by atoms with van der Waals surface area (Å²) in [4.78, 5) is 11.7. The molecule has 2 heterocycles. The highest BCUT2D eigenvalue weighted by atomic mass is 35.5. The first-order chi connectivity index (χ1) is 9.60. The molecule has 3 rings (SSSR count). The highest BCUT2D eigenvalue weighted by molar-refractivity contribution is 6.22. The SMILES string of the molecule is CCn1c(=O)oc2cc(C(Cl)c3ccc(C)o3)ccc21. The van der Waals surface area contributed by atoms with Gasteiger partial charge in [-0.25, -0.2) is 4.79 Å². The van der Waals surface area contributed by atoms with E-state index in [-0.39, 0.29) is 5.76 Å². The van der Waals surface area contributed by atoms with E-state index in [9.17, 15) is 4.79 Å². The van der Waals surface area contributed by atoms with Crippen molar-refractivity contribution in [1.29, 1.82) is 0 Å². The van der Waals surface area contributed by atoms with E-state index in [2.05, 4.69) is 0 Å². The number of nitrogens with zero attached hydrogens (tertiary/aromatic N) is 1. The van der Waals surface area contributed by atoms with E-state index in [4.69, 9.17) is 20.4 Å². The quantitative estimate of drug-likeness (QED) is 0.689. The molecule has 3 aromatic rings. The van der Waals surface area contributed by atoms with Gasteiger partial charge >= 0.3 is 5.76 Å². The molecule has 0 aliphatic carbocycles. The van der Waals surface area contributed by atoms with Crippen LogP contribution < -0.4 is 5.76 Å². The molecular weight excluding hydrogens is 278 g/mol. The van der Waals surface area contributed by atoms with Crippen LogP contribution in [0.1, 0.15) is 29.4 Å². The Kier molecular flexibility index (Phi) is 3.18. The van der Waals surface area contributed by atoms with Crippen LogP contribution in [0.5, 0.6) is 0 Å². The first-order valence-electron chi connectivity index (χ1n) is 6.44. The summed E-state index contributed by atoms with van der Waals surface area (Å²) in [6, 6.07) is 9.25. The molecule has 0 bridgehead atoms. The topological polar surface area (TPSA) is 48.3 Å². The van der Waals surface area contributed by atoms with E-state index in [1.807, 2.05) is 38.1 Å². The van der Waals surface area contributed by atoms with Crippen molar-refractivity contribution in [3.8, 4) is 0 Å². The molecule has 1 atom stereocenters. The van der Waals surface area contributed by atoms with Crippen molar-refractivity contribution >= 4 is 22.7 Å². The van der Waals surface area contributed by atoms with Crippen LogP contribution in [0.3, 0.4) is 0 Å². The van der Waals surface area contributed by atoms with Gasteiger partial charge in [-0.15, -0.1) is 11.6 Å². The molecule has 1 unspecified atom stereocenters. The van der Waals surface area contributed by atoms with E-state index in [1.54, 1.807) is 10.6 Å². The summed E-state index contributed by atoms with van der Waals surface area (Å²) in [5, 5.41) is -0.400. The molecule has 104 valence electrons. The number of hydrogen-bond donors (Lipinski definition) is 0. The number of halogens is 1. The minimum Gasteiger partial charge on any atom is -0.464 e. The zero-order valence-corrected chi connectivity index (χ0v) is 12.0. The largest absolute Gasteiger partial charge is 0.464 e. The fraction of sp³-hybridized carbons (Fsp3) is 0.267. The van der Waals surface area contributed by atoms with Crippen LogP contribution in [0.25, 0.3) is 11.1 Å². The van der Waals surface area contributed by atoms with Crippen LogP contribution in [-0.2, 0) is 6.54 Å². The van der Waals surface area contributed by atoms with Crippen molar-refractivity contribution in [2.24, 2.45) is 0 Å². The van der Waals surface area contributed by atoms with Crippen molar-refractivity contribution in [3.05, 3.63) is 58.0 Å². The van der Waals surface area contributed by atoms with E-state index in [1.165, 1.54) is 0 Å². The van der Waals surface area contributed by atoms with Gasteiger partial charge in [-0.2, -0.15) is 0 Å². The number of oxazole rings is 1. The number of aryl methyl sites for hydroxylation is 2. The number of fused-ring (bicyclic) bond motifs is 1. The highest BCUT2D eigenvalue weighted by Gasteiger charge is 2.17. The second-order valence-corrected chi connectivity index (χ2v) is 5.09. The fourth-order valence-electron chi connectivity index (χ4n) is 2.29. The van der Waals surface area contributed by atoms with E-state index in [0.29, 0.717) is 17.9 Å². The molecule has 2 aromatic heterocycles. The summed E-state index contributed by atoms with van der Waals surface area (Å²) in [5.41, 5.74) is 2.16. The summed E-state index contributed by atoms with van der Waals surface area (Å²) in [5.74, 6) is 1.15. The molecule has 0 amide bonds. The van der Waals surface area contributed by atoms with Gasteiger partial charge in [0.25, 0.3) is 0 Å². The maximum atomic E-state index is 11.7. The molecule has 0 radical (unpaired) electrons. The van der Waals surface area contributed by atoms with Gasteiger partial charge in [-0.3, -0.25) is 4.57 Å². The van der Waals surface area contributed by atoms with Crippen LogP contribution in [0.15, 0.2) is 44.0 Å². The van der Waals surface area contributed by atoms with Gasteiger partial charge in [0.05, 0.1) is 5.52 Å². The third-order valence-corrected chi connectivity index (χ3v) is 3.78. The molecule has 4 nitrogen and oxygen atoms in total. The van der Waals surface area contributed by atoms with Gasteiger partial charge in [0.15, 0.2) is 5.58 Å².